The Morgan fingerprint density at radius 1 is 1.24 bits per heavy atom. The van der Waals surface area contributed by atoms with E-state index in [-0.39, 0.29) is 0 Å². The fourth-order valence-electron chi connectivity index (χ4n) is 2.57. The molecule has 0 atom stereocenters. The van der Waals surface area contributed by atoms with Crippen LogP contribution in [-0.2, 0) is 19.5 Å². The number of hydrogen-bond acceptors (Lipinski definition) is 5. The Kier molecular flexibility index (Phi) is 7.91. The van der Waals surface area contributed by atoms with Crippen molar-refractivity contribution < 1.29 is 4.52 Å². The van der Waals surface area contributed by atoms with Gasteiger partial charge in [0.1, 0.15) is 0 Å². The van der Waals surface area contributed by atoms with Gasteiger partial charge in [0.25, 0.3) is 0 Å². The molecule has 0 saturated heterocycles. The van der Waals surface area contributed by atoms with Crippen LogP contribution in [0.5, 0.6) is 0 Å². The van der Waals surface area contributed by atoms with Crippen LogP contribution in [0.25, 0.3) is 0 Å². The maximum atomic E-state index is 5.45. The first-order valence-electron chi connectivity index (χ1n) is 9.10. The second-order valence-electron chi connectivity index (χ2n) is 5.87. The van der Waals surface area contributed by atoms with Crippen molar-refractivity contribution in [1.82, 2.24) is 20.8 Å². The number of aryl methyl sites for hydroxylation is 1. The first-order chi connectivity index (χ1) is 12.2. The molecule has 2 heterocycles. The quantitative estimate of drug-likeness (QED) is 0.523. The number of aromatic nitrogens is 2. The standard InChI is InChI=1S/C18H29N5OS/c1-5-13(6-2)16-9-15(24-23-16)11-21-18(19-8-4)20-10-14-12-25-17(7-3)22-14/h9,12-13H,5-8,10-11H2,1-4H3,(H2,19,20,21). The van der Waals surface area contributed by atoms with Crippen molar-refractivity contribution >= 4 is 17.3 Å². The second-order valence-corrected chi connectivity index (χ2v) is 6.81. The Labute approximate surface area is 154 Å². The van der Waals surface area contributed by atoms with E-state index in [0.717, 1.165) is 53.9 Å². The largest absolute Gasteiger partial charge is 0.359 e. The molecule has 0 aromatic carbocycles. The molecule has 0 saturated carbocycles. The zero-order chi connectivity index (χ0) is 18.1. The van der Waals surface area contributed by atoms with Gasteiger partial charge in [-0.2, -0.15) is 0 Å². The van der Waals surface area contributed by atoms with Gasteiger partial charge in [-0.3, -0.25) is 0 Å². The molecule has 6 nitrogen and oxygen atoms in total. The normalized spacial score (nSPS) is 12.0. The average molecular weight is 364 g/mol. The zero-order valence-corrected chi connectivity index (χ0v) is 16.4. The van der Waals surface area contributed by atoms with Gasteiger partial charge in [0.2, 0.25) is 0 Å². The summed E-state index contributed by atoms with van der Waals surface area (Å²) in [6.45, 7) is 10.5. The highest BCUT2D eigenvalue weighted by atomic mass is 32.1. The molecule has 2 N–H and O–H groups in total. The van der Waals surface area contributed by atoms with Crippen molar-refractivity contribution in [2.24, 2.45) is 4.99 Å². The highest BCUT2D eigenvalue weighted by Gasteiger charge is 2.13. The molecule has 2 rings (SSSR count). The van der Waals surface area contributed by atoms with Gasteiger partial charge in [-0.1, -0.05) is 25.9 Å². The molecule has 25 heavy (non-hydrogen) atoms. The van der Waals surface area contributed by atoms with E-state index in [0.29, 0.717) is 19.0 Å². The summed E-state index contributed by atoms with van der Waals surface area (Å²) >= 11 is 1.69. The van der Waals surface area contributed by atoms with Crippen LogP contribution in [0.2, 0.25) is 0 Å². The van der Waals surface area contributed by atoms with Crippen molar-refractivity contribution in [3.05, 3.63) is 33.6 Å². The van der Waals surface area contributed by atoms with E-state index in [1.54, 1.807) is 11.3 Å². The highest BCUT2D eigenvalue weighted by molar-refractivity contribution is 7.09. The van der Waals surface area contributed by atoms with Crippen LogP contribution >= 0.6 is 11.3 Å². The number of nitrogens with one attached hydrogen (secondary N) is 2. The van der Waals surface area contributed by atoms with E-state index in [1.807, 2.05) is 6.07 Å². The summed E-state index contributed by atoms with van der Waals surface area (Å²) < 4.78 is 5.45. The first kappa shape index (κ1) is 19.4. The lowest BCUT2D eigenvalue weighted by molar-refractivity contribution is 0.368. The molecule has 0 bridgehead atoms. The second kappa shape index (κ2) is 10.2. The predicted molar refractivity (Wildman–Crippen MR) is 103 cm³/mol. The third kappa shape index (κ3) is 5.85. The summed E-state index contributed by atoms with van der Waals surface area (Å²) in [6.07, 6.45) is 3.12. The van der Waals surface area contributed by atoms with E-state index in [9.17, 15) is 0 Å². The number of guanidine groups is 1. The molecular weight excluding hydrogens is 334 g/mol. The summed E-state index contributed by atoms with van der Waals surface area (Å²) in [5.41, 5.74) is 2.05. The van der Waals surface area contributed by atoms with Gasteiger partial charge < -0.3 is 15.2 Å². The van der Waals surface area contributed by atoms with Crippen LogP contribution in [0.15, 0.2) is 21.0 Å². The van der Waals surface area contributed by atoms with Crippen LogP contribution in [0.4, 0.5) is 0 Å². The molecule has 0 amide bonds. The third-order valence-electron chi connectivity index (χ3n) is 4.06. The van der Waals surface area contributed by atoms with E-state index in [2.05, 4.69) is 58.8 Å². The van der Waals surface area contributed by atoms with Crippen molar-refractivity contribution in [1.29, 1.82) is 0 Å². The number of nitrogens with zero attached hydrogens (tertiary/aromatic N) is 3. The molecular formula is C18H29N5OS. The summed E-state index contributed by atoms with van der Waals surface area (Å²) in [6, 6.07) is 2.04. The molecule has 138 valence electrons. The topological polar surface area (TPSA) is 75.3 Å². The average Bonchev–Trinajstić information content (AvgIpc) is 3.28. The lowest BCUT2D eigenvalue weighted by atomic mass is 9.99. The Bertz CT molecular complexity index is 660. The molecule has 0 aliphatic rings. The fourth-order valence-corrected chi connectivity index (χ4v) is 3.30. The summed E-state index contributed by atoms with van der Waals surface area (Å²) in [5.74, 6) is 2.06. The predicted octanol–water partition coefficient (Wildman–Crippen LogP) is 3.85. The lowest BCUT2D eigenvalue weighted by Gasteiger charge is -2.09. The monoisotopic (exact) mass is 363 g/mol. The van der Waals surface area contributed by atoms with Gasteiger partial charge in [-0.15, -0.1) is 11.3 Å². The van der Waals surface area contributed by atoms with Crippen molar-refractivity contribution in [2.45, 2.75) is 66.0 Å². The fraction of sp³-hybridized carbons (Fsp3) is 0.611. The maximum absolute atomic E-state index is 5.45. The van der Waals surface area contributed by atoms with E-state index >= 15 is 0 Å². The maximum Gasteiger partial charge on any atom is 0.192 e. The highest BCUT2D eigenvalue weighted by Crippen LogP contribution is 2.22. The Morgan fingerprint density at radius 2 is 2.04 bits per heavy atom. The van der Waals surface area contributed by atoms with E-state index in [1.165, 1.54) is 0 Å². The van der Waals surface area contributed by atoms with Crippen LogP contribution in [0, 0.1) is 0 Å². The van der Waals surface area contributed by atoms with Gasteiger partial charge in [-0.05, 0) is 26.2 Å². The van der Waals surface area contributed by atoms with Crippen LogP contribution in [0.1, 0.15) is 68.6 Å². The molecule has 0 radical (unpaired) electrons. The molecule has 0 aliphatic carbocycles. The van der Waals surface area contributed by atoms with Gasteiger partial charge >= 0.3 is 0 Å². The summed E-state index contributed by atoms with van der Waals surface area (Å²) in [4.78, 5) is 9.15. The Morgan fingerprint density at radius 3 is 2.68 bits per heavy atom. The molecule has 2 aromatic rings. The van der Waals surface area contributed by atoms with Crippen LogP contribution in [0.3, 0.4) is 0 Å². The van der Waals surface area contributed by atoms with Gasteiger partial charge in [0, 0.05) is 23.9 Å². The van der Waals surface area contributed by atoms with Crippen molar-refractivity contribution in [3.8, 4) is 0 Å². The van der Waals surface area contributed by atoms with E-state index in [4.69, 9.17) is 4.52 Å². The molecule has 7 heteroatoms. The van der Waals surface area contributed by atoms with Crippen molar-refractivity contribution in [3.63, 3.8) is 0 Å². The minimum Gasteiger partial charge on any atom is -0.359 e. The van der Waals surface area contributed by atoms with Gasteiger partial charge in [0.05, 0.1) is 29.5 Å². The van der Waals surface area contributed by atoms with Gasteiger partial charge in [-0.25, -0.2) is 9.98 Å². The Balaban J connectivity index is 1.93. The summed E-state index contributed by atoms with van der Waals surface area (Å²) in [7, 11) is 0. The van der Waals surface area contributed by atoms with Crippen LogP contribution in [-0.4, -0.2) is 22.6 Å². The number of thiazole rings is 1. The first-order valence-corrected chi connectivity index (χ1v) is 9.98. The molecule has 2 aromatic heterocycles. The molecule has 0 unspecified atom stereocenters. The van der Waals surface area contributed by atoms with Crippen LogP contribution < -0.4 is 10.6 Å². The molecule has 0 spiro atoms. The zero-order valence-electron chi connectivity index (χ0n) is 15.6. The minimum atomic E-state index is 0.469. The van der Waals surface area contributed by atoms with Crippen molar-refractivity contribution in [2.75, 3.05) is 6.54 Å². The molecule has 0 fully saturated rings. The summed E-state index contributed by atoms with van der Waals surface area (Å²) in [5, 5.41) is 14.0. The lowest BCUT2D eigenvalue weighted by Crippen LogP contribution is -2.36. The SMILES string of the molecule is CCNC(=NCc1csc(CC)n1)NCc1cc(C(CC)CC)no1. The third-order valence-corrected chi connectivity index (χ3v) is 5.10. The minimum absolute atomic E-state index is 0.469. The van der Waals surface area contributed by atoms with Gasteiger partial charge in [0.15, 0.2) is 11.7 Å². The Hall–Kier alpha value is -1.89. The number of rotatable bonds is 9. The number of aliphatic imine (C=N–C) groups is 1. The molecule has 0 aliphatic heterocycles. The number of hydrogen-bond donors (Lipinski definition) is 2. The smallest absolute Gasteiger partial charge is 0.192 e. The van der Waals surface area contributed by atoms with E-state index < -0.39 is 0 Å².